The van der Waals surface area contributed by atoms with E-state index in [-0.39, 0.29) is 0 Å². The summed E-state index contributed by atoms with van der Waals surface area (Å²) in [4.78, 5) is 3.61. The largest absolute Gasteiger partial charge is 0.382 e. The third kappa shape index (κ3) is 5.62. The summed E-state index contributed by atoms with van der Waals surface area (Å²) in [5.41, 5.74) is 5.43. The predicted octanol–water partition coefficient (Wildman–Crippen LogP) is 4.84. The average Bonchev–Trinajstić information content (AvgIpc) is 3.22. The summed E-state index contributed by atoms with van der Waals surface area (Å²) in [6.07, 6.45) is 2.00. The van der Waals surface area contributed by atoms with E-state index in [1.54, 1.807) is 20.4 Å². The van der Waals surface area contributed by atoms with Crippen molar-refractivity contribution >= 4 is 29.0 Å². The first-order chi connectivity index (χ1) is 15.4. The Balaban J connectivity index is 1.65. The average molecular weight is 457 g/mol. The minimum atomic E-state index is -2.26. The molecule has 1 aliphatic heterocycles. The van der Waals surface area contributed by atoms with Crippen molar-refractivity contribution in [2.45, 2.75) is 25.5 Å². The lowest BCUT2D eigenvalue weighted by atomic mass is 10.1. The van der Waals surface area contributed by atoms with Crippen molar-refractivity contribution in [2.75, 3.05) is 52.2 Å². The summed E-state index contributed by atoms with van der Waals surface area (Å²) in [7, 11) is -0.583. The van der Waals surface area contributed by atoms with Crippen LogP contribution >= 0.6 is 7.14 Å². The van der Waals surface area contributed by atoms with Crippen molar-refractivity contribution in [2.24, 2.45) is 0 Å². The van der Waals surface area contributed by atoms with Gasteiger partial charge in [-0.15, -0.1) is 0 Å². The number of methoxy groups -OCH3 is 1. The summed E-state index contributed by atoms with van der Waals surface area (Å²) in [5, 5.41) is 5.77. The maximum Gasteiger partial charge on any atom is 0.109 e. The third-order valence-electron chi connectivity index (χ3n) is 5.87. The van der Waals surface area contributed by atoms with Gasteiger partial charge in [-0.05, 0) is 55.5 Å². The number of H-pyrrole nitrogens is 1. The number of ether oxygens (including phenoxy) is 3. The number of aromatic amines is 1. The Morgan fingerprint density at radius 1 is 1.09 bits per heavy atom. The molecule has 1 aromatic heterocycles. The molecule has 32 heavy (non-hydrogen) atoms. The molecule has 0 aliphatic carbocycles. The Kier molecular flexibility index (Phi) is 7.37. The zero-order valence-electron chi connectivity index (χ0n) is 19.1. The van der Waals surface area contributed by atoms with E-state index < -0.39 is 7.14 Å². The number of fused-ring (bicyclic) bond motifs is 1. The zero-order valence-corrected chi connectivity index (χ0v) is 20.0. The Hall–Kier alpha value is -2.11. The molecule has 0 spiro atoms. The standard InChI is InChI=1S/C25H33N2O4P/c1-29-12-13-31-17-18-14-20-16-23(19-4-6-22(7-5-19)32(2,3)28)27-25(20)24(15-18)26-21-8-10-30-11-9-21/h4-7,14-16,21,26-27H,8-13,17H2,1-3H3. The first kappa shape index (κ1) is 23.1. The number of anilines is 1. The number of nitrogens with one attached hydrogen (secondary N) is 2. The van der Waals surface area contributed by atoms with Gasteiger partial charge in [-0.1, -0.05) is 24.3 Å². The molecule has 0 bridgehead atoms. The van der Waals surface area contributed by atoms with Crippen molar-refractivity contribution in [3.8, 4) is 11.3 Å². The quantitative estimate of drug-likeness (QED) is 0.356. The van der Waals surface area contributed by atoms with Gasteiger partial charge in [0.25, 0.3) is 0 Å². The van der Waals surface area contributed by atoms with Crippen LogP contribution in [0.4, 0.5) is 5.69 Å². The molecule has 6 nitrogen and oxygen atoms in total. The molecule has 172 valence electrons. The van der Waals surface area contributed by atoms with Crippen molar-refractivity contribution in [3.63, 3.8) is 0 Å². The highest BCUT2D eigenvalue weighted by atomic mass is 31.2. The Morgan fingerprint density at radius 3 is 2.53 bits per heavy atom. The fraction of sp³-hybridized carbons (Fsp3) is 0.440. The monoisotopic (exact) mass is 456 g/mol. The molecule has 2 aromatic carbocycles. The normalized spacial score (nSPS) is 15.3. The molecular formula is C25H33N2O4P. The van der Waals surface area contributed by atoms with Gasteiger partial charge in [0, 0.05) is 42.8 Å². The van der Waals surface area contributed by atoms with E-state index >= 15 is 0 Å². The minimum Gasteiger partial charge on any atom is -0.382 e. The first-order valence-electron chi connectivity index (χ1n) is 11.2. The van der Waals surface area contributed by atoms with E-state index in [1.807, 2.05) is 24.3 Å². The summed E-state index contributed by atoms with van der Waals surface area (Å²) in [6, 6.07) is 15.0. The molecule has 4 rings (SSSR count). The number of aromatic nitrogens is 1. The first-order valence-corrected chi connectivity index (χ1v) is 13.8. The summed E-state index contributed by atoms with van der Waals surface area (Å²) in [5.74, 6) is 0. The van der Waals surface area contributed by atoms with Gasteiger partial charge in [0.05, 0.1) is 31.0 Å². The lowest BCUT2D eigenvalue weighted by molar-refractivity contribution is 0.0617. The molecule has 7 heteroatoms. The topological polar surface area (TPSA) is 72.6 Å². The van der Waals surface area contributed by atoms with Crippen LogP contribution in [0.3, 0.4) is 0 Å². The van der Waals surface area contributed by atoms with Crippen LogP contribution in [0.2, 0.25) is 0 Å². The van der Waals surface area contributed by atoms with Crippen LogP contribution < -0.4 is 10.6 Å². The van der Waals surface area contributed by atoms with Crippen LogP contribution in [0, 0.1) is 0 Å². The SMILES string of the molecule is COCCOCc1cc(NC2CCOCC2)c2[nH]c(-c3ccc(P(C)(C)=O)cc3)cc2c1. The van der Waals surface area contributed by atoms with E-state index in [4.69, 9.17) is 14.2 Å². The van der Waals surface area contributed by atoms with Crippen molar-refractivity contribution in [1.29, 1.82) is 0 Å². The van der Waals surface area contributed by atoms with E-state index in [0.717, 1.165) is 64.8 Å². The highest BCUT2D eigenvalue weighted by molar-refractivity contribution is 7.70. The molecule has 0 saturated carbocycles. The second kappa shape index (κ2) is 10.2. The molecule has 0 radical (unpaired) electrons. The molecule has 3 aromatic rings. The van der Waals surface area contributed by atoms with Crippen LogP contribution in [0.15, 0.2) is 42.5 Å². The van der Waals surface area contributed by atoms with Crippen molar-refractivity contribution < 1.29 is 18.8 Å². The molecule has 0 unspecified atom stereocenters. The lowest BCUT2D eigenvalue weighted by Gasteiger charge is -2.24. The highest BCUT2D eigenvalue weighted by Crippen LogP contribution is 2.36. The highest BCUT2D eigenvalue weighted by Gasteiger charge is 2.17. The van der Waals surface area contributed by atoms with Gasteiger partial charge in [-0.3, -0.25) is 0 Å². The third-order valence-corrected chi connectivity index (χ3v) is 7.41. The maximum atomic E-state index is 12.4. The molecular weight excluding hydrogens is 423 g/mol. The smallest absolute Gasteiger partial charge is 0.109 e. The second-order valence-corrected chi connectivity index (χ2v) is 12.0. The molecule has 1 fully saturated rings. The Morgan fingerprint density at radius 2 is 1.84 bits per heavy atom. The minimum absolute atomic E-state index is 0.394. The van der Waals surface area contributed by atoms with Crippen molar-refractivity contribution in [1.82, 2.24) is 4.98 Å². The molecule has 0 amide bonds. The number of hydrogen-bond donors (Lipinski definition) is 2. The fourth-order valence-corrected chi connectivity index (χ4v) is 4.92. The summed E-state index contributed by atoms with van der Waals surface area (Å²) < 4.78 is 28.7. The Bertz CT molecular complexity index is 1080. The van der Waals surface area contributed by atoms with Gasteiger partial charge >= 0.3 is 0 Å². The lowest BCUT2D eigenvalue weighted by Crippen LogP contribution is -2.28. The van der Waals surface area contributed by atoms with Gasteiger partial charge in [0.2, 0.25) is 0 Å². The van der Waals surface area contributed by atoms with Crippen LogP contribution in [-0.4, -0.2) is 57.9 Å². The van der Waals surface area contributed by atoms with Crippen molar-refractivity contribution in [3.05, 3.63) is 48.0 Å². The fourth-order valence-electron chi connectivity index (χ4n) is 4.05. The molecule has 2 N–H and O–H groups in total. The van der Waals surface area contributed by atoms with E-state index in [9.17, 15) is 4.57 Å². The molecule has 0 atom stereocenters. The molecule has 1 saturated heterocycles. The number of hydrogen-bond acceptors (Lipinski definition) is 5. The van der Waals surface area contributed by atoms with Crippen LogP contribution in [0.1, 0.15) is 18.4 Å². The van der Waals surface area contributed by atoms with E-state index in [0.29, 0.717) is 25.9 Å². The van der Waals surface area contributed by atoms with Gasteiger partial charge < -0.3 is 29.1 Å². The van der Waals surface area contributed by atoms with Crippen LogP contribution in [-0.2, 0) is 25.4 Å². The van der Waals surface area contributed by atoms with Crippen LogP contribution in [0.5, 0.6) is 0 Å². The molecule has 1 aliphatic rings. The maximum absolute atomic E-state index is 12.4. The predicted molar refractivity (Wildman–Crippen MR) is 132 cm³/mol. The van der Waals surface area contributed by atoms with Gasteiger partial charge in [0.1, 0.15) is 7.14 Å². The second-order valence-electron chi connectivity index (χ2n) is 8.76. The van der Waals surface area contributed by atoms with E-state index in [2.05, 4.69) is 28.5 Å². The van der Waals surface area contributed by atoms with Gasteiger partial charge in [-0.2, -0.15) is 0 Å². The van der Waals surface area contributed by atoms with E-state index in [1.165, 1.54) is 0 Å². The number of benzene rings is 2. The zero-order chi connectivity index (χ0) is 22.6. The van der Waals surface area contributed by atoms with Gasteiger partial charge in [-0.25, -0.2) is 0 Å². The van der Waals surface area contributed by atoms with Crippen LogP contribution in [0.25, 0.3) is 22.2 Å². The number of rotatable bonds is 9. The van der Waals surface area contributed by atoms with Gasteiger partial charge in [0.15, 0.2) is 0 Å². The molecule has 2 heterocycles. The summed E-state index contributed by atoms with van der Waals surface area (Å²) >= 11 is 0. The summed E-state index contributed by atoms with van der Waals surface area (Å²) in [6.45, 7) is 6.89. The Labute approximate surface area is 190 Å².